The van der Waals surface area contributed by atoms with Crippen molar-refractivity contribution in [3.8, 4) is 23.0 Å². The molecule has 11 nitrogen and oxygen atoms in total. The number of carbonyl (C=O) groups is 3. The Kier molecular flexibility index (Phi) is 13.9. The van der Waals surface area contributed by atoms with E-state index in [0.29, 0.717) is 85.4 Å². The summed E-state index contributed by atoms with van der Waals surface area (Å²) in [6.45, 7) is 7.00. The van der Waals surface area contributed by atoms with Crippen molar-refractivity contribution < 1.29 is 53.0 Å². The minimum atomic E-state index is -1.09. The number of hydrogen-bond acceptors (Lipinski definition) is 10. The molecule has 0 atom stereocenters. The number of phenolic OH excluding ortho intramolecular Hbond substituents is 1. The molecule has 11 heteroatoms. The zero-order valence-electron chi connectivity index (χ0n) is 25.4. The van der Waals surface area contributed by atoms with E-state index in [-0.39, 0.29) is 30.5 Å². The number of carbonyl (C=O) groups excluding carboxylic acids is 2. The van der Waals surface area contributed by atoms with Gasteiger partial charge in [-0.2, -0.15) is 0 Å². The molecule has 3 aromatic rings. The molecule has 0 aliphatic rings. The smallest absolute Gasteiger partial charge is 0.341 e. The highest BCUT2D eigenvalue weighted by atomic mass is 16.6. The van der Waals surface area contributed by atoms with Gasteiger partial charge in [-0.05, 0) is 61.4 Å². The van der Waals surface area contributed by atoms with E-state index in [2.05, 4.69) is 0 Å². The Bertz CT molecular complexity index is 1420. The van der Waals surface area contributed by atoms with Crippen LogP contribution in [-0.4, -0.2) is 87.2 Å². The summed E-state index contributed by atoms with van der Waals surface area (Å²) >= 11 is 0. The molecule has 0 aliphatic carbocycles. The number of carboxylic acids is 1. The van der Waals surface area contributed by atoms with E-state index in [9.17, 15) is 19.5 Å². The molecule has 0 saturated carbocycles. The Morgan fingerprint density at radius 3 is 1.84 bits per heavy atom. The largest absolute Gasteiger partial charge is 0.507 e. The highest BCUT2D eigenvalue weighted by Crippen LogP contribution is 2.33. The second kappa shape index (κ2) is 17.8. The van der Waals surface area contributed by atoms with Gasteiger partial charge >= 0.3 is 5.97 Å². The van der Waals surface area contributed by atoms with Crippen LogP contribution in [0.2, 0.25) is 0 Å². The zero-order valence-corrected chi connectivity index (χ0v) is 25.4. The van der Waals surface area contributed by atoms with E-state index < -0.39 is 12.6 Å². The Hall–Kier alpha value is -4.19. The Balaban J connectivity index is 1.31. The molecule has 0 heterocycles. The predicted octanol–water partition coefficient (Wildman–Crippen LogP) is 4.87. The van der Waals surface area contributed by atoms with E-state index in [0.717, 1.165) is 11.8 Å². The van der Waals surface area contributed by atoms with Crippen molar-refractivity contribution in [3.05, 3.63) is 59.2 Å². The van der Waals surface area contributed by atoms with Crippen molar-refractivity contribution in [3.63, 3.8) is 0 Å². The molecule has 44 heavy (non-hydrogen) atoms. The first-order chi connectivity index (χ1) is 21.2. The Morgan fingerprint density at radius 2 is 1.27 bits per heavy atom. The molecule has 238 valence electrons. The van der Waals surface area contributed by atoms with Gasteiger partial charge in [0.25, 0.3) is 0 Å². The van der Waals surface area contributed by atoms with Gasteiger partial charge in [-0.1, -0.05) is 25.5 Å². The average Bonchev–Trinajstić information content (AvgIpc) is 2.99. The SMILES string of the molecule is CCCc1c(OCCOCCOCCOCCOc2ccc3ccc(OCC(=O)O)cc3c2C(C)=O)ccc(C(C)=O)c1O. The molecule has 0 unspecified atom stereocenters. The van der Waals surface area contributed by atoms with Crippen LogP contribution in [0.25, 0.3) is 10.8 Å². The second-order valence-corrected chi connectivity index (χ2v) is 9.84. The van der Waals surface area contributed by atoms with Crippen molar-refractivity contribution in [2.75, 3.05) is 59.5 Å². The van der Waals surface area contributed by atoms with Gasteiger partial charge in [0.2, 0.25) is 0 Å². The van der Waals surface area contributed by atoms with E-state index in [4.69, 9.17) is 33.5 Å². The summed E-state index contributed by atoms with van der Waals surface area (Å²) in [5, 5.41) is 20.7. The van der Waals surface area contributed by atoms with E-state index >= 15 is 0 Å². The monoisotopic (exact) mass is 612 g/mol. The van der Waals surface area contributed by atoms with Crippen LogP contribution in [0.4, 0.5) is 0 Å². The summed E-state index contributed by atoms with van der Waals surface area (Å²) in [4.78, 5) is 34.9. The maximum Gasteiger partial charge on any atom is 0.341 e. The lowest BCUT2D eigenvalue weighted by molar-refractivity contribution is -0.139. The number of hydrogen-bond donors (Lipinski definition) is 2. The van der Waals surface area contributed by atoms with E-state index in [1.807, 2.05) is 13.0 Å². The number of aliphatic carboxylic acids is 1. The summed E-state index contributed by atoms with van der Waals surface area (Å²) in [6, 6.07) is 11.9. The molecule has 0 aromatic heterocycles. The van der Waals surface area contributed by atoms with Crippen LogP contribution in [0, 0.1) is 0 Å². The van der Waals surface area contributed by atoms with Gasteiger partial charge in [-0.15, -0.1) is 0 Å². The van der Waals surface area contributed by atoms with Crippen LogP contribution in [0.3, 0.4) is 0 Å². The number of phenols is 1. The van der Waals surface area contributed by atoms with Crippen molar-refractivity contribution in [2.24, 2.45) is 0 Å². The fourth-order valence-corrected chi connectivity index (χ4v) is 4.49. The van der Waals surface area contributed by atoms with Gasteiger partial charge in [0.15, 0.2) is 18.2 Å². The van der Waals surface area contributed by atoms with Gasteiger partial charge in [0, 0.05) is 5.56 Å². The number of carboxylic acid groups (broad SMARTS) is 1. The topological polar surface area (TPSA) is 147 Å². The molecule has 0 saturated heterocycles. The average molecular weight is 613 g/mol. The number of ether oxygens (including phenoxy) is 6. The first kappa shape index (κ1) is 34.3. The van der Waals surface area contributed by atoms with Crippen LogP contribution in [-0.2, 0) is 25.4 Å². The molecule has 0 bridgehead atoms. The van der Waals surface area contributed by atoms with E-state index in [1.54, 1.807) is 36.4 Å². The zero-order chi connectivity index (χ0) is 31.9. The van der Waals surface area contributed by atoms with Gasteiger partial charge < -0.3 is 38.6 Å². The maximum absolute atomic E-state index is 12.4. The molecule has 0 aliphatic heterocycles. The minimum Gasteiger partial charge on any atom is -0.507 e. The molecule has 2 N–H and O–H groups in total. The normalized spacial score (nSPS) is 11.0. The first-order valence-corrected chi connectivity index (χ1v) is 14.5. The van der Waals surface area contributed by atoms with Crippen molar-refractivity contribution in [2.45, 2.75) is 33.6 Å². The third-order valence-corrected chi connectivity index (χ3v) is 6.50. The maximum atomic E-state index is 12.4. The molecule has 3 rings (SSSR count). The number of fused-ring (bicyclic) bond motifs is 1. The molecular weight excluding hydrogens is 572 g/mol. The third-order valence-electron chi connectivity index (χ3n) is 6.50. The van der Waals surface area contributed by atoms with Crippen molar-refractivity contribution >= 4 is 28.3 Å². The van der Waals surface area contributed by atoms with Gasteiger partial charge in [0.1, 0.15) is 36.2 Å². The molecule has 3 aromatic carbocycles. The molecule has 0 radical (unpaired) electrons. The van der Waals surface area contributed by atoms with Crippen LogP contribution >= 0.6 is 0 Å². The highest BCUT2D eigenvalue weighted by molar-refractivity contribution is 6.09. The highest BCUT2D eigenvalue weighted by Gasteiger charge is 2.16. The third kappa shape index (κ3) is 10.2. The number of Topliss-reactive ketones (excluding diaryl/α,β-unsaturated/α-hetero) is 2. The summed E-state index contributed by atoms with van der Waals surface area (Å²) in [7, 11) is 0. The quantitative estimate of drug-likeness (QED) is 0.125. The van der Waals surface area contributed by atoms with Crippen LogP contribution < -0.4 is 14.2 Å². The standard InChI is InChI=1S/C33H40O11/c1-4-5-27-29(11-9-26(22(2)34)33(27)38)42-18-16-40-14-12-39-13-15-41-17-19-43-30-10-7-24-6-8-25(44-21-31(36)37)20-28(24)32(30)23(3)35/h6-11,20,38H,4-5,12-19,21H2,1-3H3,(H,36,37). The number of benzene rings is 3. The second-order valence-electron chi connectivity index (χ2n) is 9.84. The molecule has 0 spiro atoms. The fourth-order valence-electron chi connectivity index (χ4n) is 4.49. The summed E-state index contributed by atoms with van der Waals surface area (Å²) in [5.74, 6) is -0.184. The molecular formula is C33H40O11. The lowest BCUT2D eigenvalue weighted by atomic mass is 10.0. The van der Waals surface area contributed by atoms with Crippen LogP contribution in [0.15, 0.2) is 42.5 Å². The van der Waals surface area contributed by atoms with E-state index in [1.165, 1.54) is 13.8 Å². The lowest BCUT2D eigenvalue weighted by Crippen LogP contribution is -2.15. The fraction of sp³-hybridized carbons (Fsp3) is 0.424. The summed E-state index contributed by atoms with van der Waals surface area (Å²) in [5.41, 5.74) is 1.31. The number of ketones is 2. The van der Waals surface area contributed by atoms with Crippen LogP contribution in [0.5, 0.6) is 23.0 Å². The molecule has 0 fully saturated rings. The van der Waals surface area contributed by atoms with Crippen molar-refractivity contribution in [1.29, 1.82) is 0 Å². The van der Waals surface area contributed by atoms with Crippen LogP contribution in [0.1, 0.15) is 53.5 Å². The predicted molar refractivity (Wildman–Crippen MR) is 163 cm³/mol. The first-order valence-electron chi connectivity index (χ1n) is 14.5. The van der Waals surface area contributed by atoms with Gasteiger partial charge in [-0.25, -0.2) is 4.79 Å². The minimum absolute atomic E-state index is 0.0187. The van der Waals surface area contributed by atoms with Gasteiger partial charge in [0.05, 0.1) is 50.8 Å². The van der Waals surface area contributed by atoms with Crippen molar-refractivity contribution in [1.82, 2.24) is 0 Å². The number of rotatable bonds is 21. The molecule has 0 amide bonds. The summed E-state index contributed by atoms with van der Waals surface area (Å²) < 4.78 is 33.5. The number of aromatic hydroxyl groups is 1. The van der Waals surface area contributed by atoms with Gasteiger partial charge in [-0.3, -0.25) is 9.59 Å². The Morgan fingerprint density at radius 1 is 0.705 bits per heavy atom. The lowest BCUT2D eigenvalue weighted by Gasteiger charge is -2.15. The summed E-state index contributed by atoms with van der Waals surface area (Å²) in [6.07, 6.45) is 1.40. The Labute approximate surface area is 256 Å².